The van der Waals surface area contributed by atoms with Gasteiger partial charge in [-0.2, -0.15) is 12.7 Å². The minimum absolute atomic E-state index is 0.137. The molecule has 0 spiro atoms. The zero-order chi connectivity index (χ0) is 14.8. The molecule has 0 saturated carbocycles. The summed E-state index contributed by atoms with van der Waals surface area (Å²) >= 11 is 5.69. The molecule has 110 valence electrons. The number of rotatable bonds is 4. The Morgan fingerprint density at radius 2 is 2.05 bits per heavy atom. The summed E-state index contributed by atoms with van der Waals surface area (Å²) in [5.41, 5.74) is 0. The number of hydrogen-bond acceptors (Lipinski definition) is 4. The highest BCUT2D eigenvalue weighted by Gasteiger charge is 2.31. The second-order valence-electron chi connectivity index (χ2n) is 4.46. The Labute approximate surface area is 121 Å². The van der Waals surface area contributed by atoms with E-state index in [0.29, 0.717) is 12.8 Å². The SMILES string of the molecule is O=C(O)C1CCN(S(=O)(=O)Nc2cccc(Cl)n2)CC1. The van der Waals surface area contributed by atoms with Crippen LogP contribution in [-0.4, -0.2) is 41.9 Å². The molecule has 2 N–H and O–H groups in total. The maximum Gasteiger partial charge on any atom is 0.306 e. The smallest absolute Gasteiger partial charge is 0.306 e. The van der Waals surface area contributed by atoms with Crippen molar-refractivity contribution in [1.29, 1.82) is 0 Å². The molecule has 0 unspecified atom stereocenters. The number of piperidine rings is 1. The van der Waals surface area contributed by atoms with Gasteiger partial charge >= 0.3 is 16.2 Å². The molecule has 9 heteroatoms. The third-order valence-corrected chi connectivity index (χ3v) is 4.81. The van der Waals surface area contributed by atoms with Crippen LogP contribution in [0.25, 0.3) is 0 Å². The van der Waals surface area contributed by atoms with Gasteiger partial charge in [-0.25, -0.2) is 4.98 Å². The molecule has 1 saturated heterocycles. The first-order valence-electron chi connectivity index (χ1n) is 6.02. The Morgan fingerprint density at radius 1 is 1.40 bits per heavy atom. The van der Waals surface area contributed by atoms with E-state index in [1.807, 2.05) is 0 Å². The number of carbonyl (C=O) groups is 1. The van der Waals surface area contributed by atoms with Crippen molar-refractivity contribution in [3.63, 3.8) is 0 Å². The van der Waals surface area contributed by atoms with Gasteiger partial charge in [0.1, 0.15) is 11.0 Å². The van der Waals surface area contributed by atoms with Crippen LogP contribution >= 0.6 is 11.6 Å². The topological polar surface area (TPSA) is 99.6 Å². The molecule has 7 nitrogen and oxygen atoms in total. The standard InChI is InChI=1S/C11H14ClN3O4S/c12-9-2-1-3-10(13-9)14-20(18,19)15-6-4-8(5-7-15)11(16)17/h1-3,8H,4-7H2,(H,13,14)(H,16,17). The lowest BCUT2D eigenvalue weighted by atomic mass is 9.99. The molecule has 1 aliphatic rings. The number of hydrogen-bond donors (Lipinski definition) is 2. The lowest BCUT2D eigenvalue weighted by Crippen LogP contribution is -2.43. The number of carboxylic acids is 1. The third-order valence-electron chi connectivity index (χ3n) is 3.09. The molecule has 0 atom stereocenters. The molecule has 0 aromatic carbocycles. The molecule has 20 heavy (non-hydrogen) atoms. The number of nitrogens with one attached hydrogen (secondary N) is 1. The molecule has 2 rings (SSSR count). The van der Waals surface area contributed by atoms with E-state index in [1.54, 1.807) is 6.07 Å². The van der Waals surface area contributed by atoms with Crippen LogP contribution in [0.5, 0.6) is 0 Å². The number of nitrogens with zero attached hydrogens (tertiary/aromatic N) is 2. The van der Waals surface area contributed by atoms with Gasteiger partial charge in [0, 0.05) is 13.1 Å². The summed E-state index contributed by atoms with van der Waals surface area (Å²) in [5.74, 6) is -1.23. The lowest BCUT2D eigenvalue weighted by Gasteiger charge is -2.29. The summed E-state index contributed by atoms with van der Waals surface area (Å²) in [6.45, 7) is 0.347. The van der Waals surface area contributed by atoms with Crippen molar-refractivity contribution in [2.75, 3.05) is 17.8 Å². The lowest BCUT2D eigenvalue weighted by molar-refractivity contribution is -0.142. The summed E-state index contributed by atoms with van der Waals surface area (Å²) < 4.78 is 27.8. The Kier molecular flexibility index (Phi) is 4.46. The van der Waals surface area contributed by atoms with Crippen molar-refractivity contribution in [2.45, 2.75) is 12.8 Å². The fourth-order valence-electron chi connectivity index (χ4n) is 2.00. The molecule has 2 heterocycles. The predicted molar refractivity (Wildman–Crippen MR) is 73.7 cm³/mol. The number of aliphatic carboxylic acids is 1. The van der Waals surface area contributed by atoms with Crippen LogP contribution in [0.2, 0.25) is 5.15 Å². The summed E-state index contributed by atoms with van der Waals surface area (Å²) in [7, 11) is -3.73. The summed E-state index contributed by atoms with van der Waals surface area (Å²) in [6, 6.07) is 4.62. The van der Waals surface area contributed by atoms with Gasteiger partial charge in [-0.3, -0.25) is 9.52 Å². The van der Waals surface area contributed by atoms with Crippen molar-refractivity contribution in [2.24, 2.45) is 5.92 Å². The second-order valence-corrected chi connectivity index (χ2v) is 6.52. The van der Waals surface area contributed by atoms with E-state index in [9.17, 15) is 13.2 Å². The average molecular weight is 320 g/mol. The minimum atomic E-state index is -3.73. The van der Waals surface area contributed by atoms with Gasteiger partial charge in [-0.1, -0.05) is 17.7 Å². The van der Waals surface area contributed by atoms with Crippen LogP contribution in [0, 0.1) is 5.92 Å². The van der Waals surface area contributed by atoms with E-state index in [-0.39, 0.29) is 24.1 Å². The van der Waals surface area contributed by atoms with Gasteiger partial charge in [-0.15, -0.1) is 0 Å². The van der Waals surface area contributed by atoms with Crippen LogP contribution in [0.3, 0.4) is 0 Å². The van der Waals surface area contributed by atoms with E-state index in [0.717, 1.165) is 0 Å². The van der Waals surface area contributed by atoms with E-state index < -0.39 is 22.1 Å². The average Bonchev–Trinajstić information content (AvgIpc) is 2.38. The first-order valence-corrected chi connectivity index (χ1v) is 7.83. The summed E-state index contributed by atoms with van der Waals surface area (Å²) in [6.07, 6.45) is 0.610. The van der Waals surface area contributed by atoms with Gasteiger partial charge < -0.3 is 5.11 Å². The monoisotopic (exact) mass is 319 g/mol. The highest BCUT2D eigenvalue weighted by atomic mass is 35.5. The fourth-order valence-corrected chi connectivity index (χ4v) is 3.37. The predicted octanol–water partition coefficient (Wildman–Crippen LogP) is 1.19. The van der Waals surface area contributed by atoms with E-state index in [4.69, 9.17) is 16.7 Å². The molecule has 1 fully saturated rings. The van der Waals surface area contributed by atoms with Crippen LogP contribution in [0.15, 0.2) is 18.2 Å². The quantitative estimate of drug-likeness (QED) is 0.812. The maximum atomic E-state index is 12.1. The van der Waals surface area contributed by atoms with Crippen LogP contribution in [0.4, 0.5) is 5.82 Å². The Hall–Kier alpha value is -1.38. The Bertz CT molecular complexity index is 599. The molecule has 1 aliphatic heterocycles. The highest BCUT2D eigenvalue weighted by Crippen LogP contribution is 2.21. The van der Waals surface area contributed by atoms with E-state index in [2.05, 4.69) is 9.71 Å². The molecule has 0 radical (unpaired) electrons. The van der Waals surface area contributed by atoms with Crippen molar-refractivity contribution in [3.8, 4) is 0 Å². The van der Waals surface area contributed by atoms with Gasteiger partial charge in [0.25, 0.3) is 0 Å². The van der Waals surface area contributed by atoms with E-state index >= 15 is 0 Å². The van der Waals surface area contributed by atoms with E-state index in [1.165, 1.54) is 16.4 Å². The van der Waals surface area contributed by atoms with Crippen LogP contribution < -0.4 is 4.72 Å². The Balaban J connectivity index is 2.03. The molecule has 0 amide bonds. The van der Waals surface area contributed by atoms with Gasteiger partial charge in [0.2, 0.25) is 0 Å². The Morgan fingerprint density at radius 3 is 2.60 bits per heavy atom. The maximum absolute atomic E-state index is 12.1. The fraction of sp³-hybridized carbons (Fsp3) is 0.455. The van der Waals surface area contributed by atoms with Crippen molar-refractivity contribution in [1.82, 2.24) is 9.29 Å². The zero-order valence-electron chi connectivity index (χ0n) is 10.5. The van der Waals surface area contributed by atoms with Crippen molar-refractivity contribution >= 4 is 33.6 Å². The zero-order valence-corrected chi connectivity index (χ0v) is 12.1. The molecule has 1 aromatic rings. The van der Waals surface area contributed by atoms with Crippen LogP contribution in [0.1, 0.15) is 12.8 Å². The number of halogens is 1. The van der Waals surface area contributed by atoms with Crippen LogP contribution in [-0.2, 0) is 15.0 Å². The first-order chi connectivity index (χ1) is 9.38. The minimum Gasteiger partial charge on any atom is -0.481 e. The number of carboxylic acid groups (broad SMARTS) is 1. The normalized spacial score (nSPS) is 17.9. The largest absolute Gasteiger partial charge is 0.481 e. The molecule has 1 aromatic heterocycles. The summed E-state index contributed by atoms with van der Waals surface area (Å²) in [4.78, 5) is 14.7. The number of aromatic nitrogens is 1. The molecular weight excluding hydrogens is 306 g/mol. The van der Waals surface area contributed by atoms with Gasteiger partial charge in [-0.05, 0) is 25.0 Å². The molecular formula is C11H14ClN3O4S. The highest BCUT2D eigenvalue weighted by molar-refractivity contribution is 7.90. The van der Waals surface area contributed by atoms with Crippen molar-refractivity contribution in [3.05, 3.63) is 23.4 Å². The number of anilines is 1. The molecule has 0 bridgehead atoms. The molecule has 0 aliphatic carbocycles. The van der Waals surface area contributed by atoms with Gasteiger partial charge in [0.05, 0.1) is 5.92 Å². The van der Waals surface area contributed by atoms with Gasteiger partial charge in [0.15, 0.2) is 0 Å². The summed E-state index contributed by atoms with van der Waals surface area (Å²) in [5, 5.41) is 9.07. The third kappa shape index (κ3) is 3.59. The van der Waals surface area contributed by atoms with Crippen molar-refractivity contribution < 1.29 is 18.3 Å². The first kappa shape index (κ1) is 15.0. The second kappa shape index (κ2) is 5.94. The number of pyridine rings is 1.